The van der Waals surface area contributed by atoms with E-state index in [1.807, 2.05) is 43.3 Å². The standard InChI is InChI=1S/C16H19ClN2O/c1-11-9-13(7-8-16(11)20-2)15(19-18)10-12-5-3-4-6-14(12)17/h3-9,15,19H,10,18H2,1-2H3. The molecular formula is C16H19ClN2O. The van der Waals surface area contributed by atoms with E-state index in [1.54, 1.807) is 7.11 Å². The lowest BCUT2D eigenvalue weighted by atomic mass is 9.98. The number of methoxy groups -OCH3 is 1. The number of hydrogen-bond acceptors (Lipinski definition) is 3. The fourth-order valence-corrected chi connectivity index (χ4v) is 2.49. The van der Waals surface area contributed by atoms with Crippen molar-refractivity contribution in [3.63, 3.8) is 0 Å². The van der Waals surface area contributed by atoms with Crippen molar-refractivity contribution < 1.29 is 4.74 Å². The van der Waals surface area contributed by atoms with E-state index in [0.717, 1.165) is 33.9 Å². The van der Waals surface area contributed by atoms with Crippen LogP contribution in [0.1, 0.15) is 22.7 Å². The maximum Gasteiger partial charge on any atom is 0.121 e. The average Bonchev–Trinajstić information content (AvgIpc) is 2.46. The summed E-state index contributed by atoms with van der Waals surface area (Å²) < 4.78 is 5.28. The van der Waals surface area contributed by atoms with Gasteiger partial charge in [-0.15, -0.1) is 0 Å². The van der Waals surface area contributed by atoms with E-state index < -0.39 is 0 Å². The van der Waals surface area contributed by atoms with Crippen LogP contribution in [0, 0.1) is 6.92 Å². The number of ether oxygens (including phenoxy) is 1. The van der Waals surface area contributed by atoms with E-state index in [1.165, 1.54) is 0 Å². The molecule has 1 unspecified atom stereocenters. The number of rotatable bonds is 5. The minimum absolute atomic E-state index is 0.0134. The van der Waals surface area contributed by atoms with Gasteiger partial charge in [0.1, 0.15) is 5.75 Å². The molecule has 0 aliphatic carbocycles. The van der Waals surface area contributed by atoms with Gasteiger partial charge in [0.15, 0.2) is 0 Å². The number of halogens is 1. The Balaban J connectivity index is 2.24. The molecule has 0 radical (unpaired) electrons. The van der Waals surface area contributed by atoms with Gasteiger partial charge in [-0.1, -0.05) is 41.9 Å². The van der Waals surface area contributed by atoms with Crippen LogP contribution in [0.3, 0.4) is 0 Å². The molecule has 0 saturated carbocycles. The van der Waals surface area contributed by atoms with E-state index in [0.29, 0.717) is 0 Å². The SMILES string of the molecule is COc1ccc(C(Cc2ccccc2Cl)NN)cc1C. The molecule has 0 aliphatic rings. The van der Waals surface area contributed by atoms with Gasteiger partial charge in [0.25, 0.3) is 0 Å². The van der Waals surface area contributed by atoms with Crippen molar-refractivity contribution in [2.45, 2.75) is 19.4 Å². The maximum atomic E-state index is 6.20. The van der Waals surface area contributed by atoms with Crippen molar-refractivity contribution in [3.8, 4) is 5.75 Å². The van der Waals surface area contributed by atoms with E-state index in [4.69, 9.17) is 22.2 Å². The second-order valence-corrected chi connectivity index (χ2v) is 5.15. The molecule has 0 fully saturated rings. The molecule has 2 aromatic carbocycles. The number of hydrazine groups is 1. The number of benzene rings is 2. The van der Waals surface area contributed by atoms with E-state index in [9.17, 15) is 0 Å². The normalized spacial score (nSPS) is 12.2. The smallest absolute Gasteiger partial charge is 0.121 e. The Labute approximate surface area is 124 Å². The summed E-state index contributed by atoms with van der Waals surface area (Å²) in [6.07, 6.45) is 0.738. The first kappa shape index (κ1) is 14.9. The largest absolute Gasteiger partial charge is 0.496 e. The van der Waals surface area contributed by atoms with Gasteiger partial charge in [0.2, 0.25) is 0 Å². The zero-order chi connectivity index (χ0) is 14.5. The summed E-state index contributed by atoms with van der Waals surface area (Å²) in [6.45, 7) is 2.02. The highest BCUT2D eigenvalue weighted by Crippen LogP contribution is 2.26. The van der Waals surface area contributed by atoms with Gasteiger partial charge >= 0.3 is 0 Å². The predicted molar refractivity (Wildman–Crippen MR) is 83.0 cm³/mol. The summed E-state index contributed by atoms with van der Waals surface area (Å²) in [5, 5.41) is 0.762. The second-order valence-electron chi connectivity index (χ2n) is 4.74. The first-order valence-electron chi connectivity index (χ1n) is 6.49. The fourth-order valence-electron chi connectivity index (χ4n) is 2.28. The first-order chi connectivity index (χ1) is 9.65. The third-order valence-electron chi connectivity index (χ3n) is 3.40. The lowest BCUT2D eigenvalue weighted by molar-refractivity contribution is 0.411. The van der Waals surface area contributed by atoms with Gasteiger partial charge in [0, 0.05) is 5.02 Å². The molecule has 0 spiro atoms. The highest BCUT2D eigenvalue weighted by Gasteiger charge is 2.13. The summed E-state index contributed by atoms with van der Waals surface area (Å²) in [6, 6.07) is 13.9. The van der Waals surface area contributed by atoms with Crippen LogP contribution in [0.25, 0.3) is 0 Å². The molecule has 0 heterocycles. The first-order valence-corrected chi connectivity index (χ1v) is 6.87. The van der Waals surface area contributed by atoms with E-state index >= 15 is 0 Å². The predicted octanol–water partition coefficient (Wildman–Crippen LogP) is 3.40. The molecule has 2 rings (SSSR count). The minimum atomic E-state index is 0.0134. The summed E-state index contributed by atoms with van der Waals surface area (Å²) >= 11 is 6.20. The zero-order valence-electron chi connectivity index (χ0n) is 11.7. The molecule has 2 aromatic rings. The van der Waals surface area contributed by atoms with E-state index in [-0.39, 0.29) is 6.04 Å². The van der Waals surface area contributed by atoms with Crippen molar-refractivity contribution in [3.05, 3.63) is 64.2 Å². The Hall–Kier alpha value is -1.55. The van der Waals surface area contributed by atoms with Crippen molar-refractivity contribution in [1.82, 2.24) is 5.43 Å². The van der Waals surface area contributed by atoms with Gasteiger partial charge in [-0.2, -0.15) is 0 Å². The number of aryl methyl sites for hydroxylation is 1. The van der Waals surface area contributed by atoms with Crippen LogP contribution >= 0.6 is 11.6 Å². The lowest BCUT2D eigenvalue weighted by Crippen LogP contribution is -2.29. The van der Waals surface area contributed by atoms with Crippen LogP contribution in [-0.4, -0.2) is 7.11 Å². The van der Waals surface area contributed by atoms with Gasteiger partial charge in [-0.05, 0) is 42.2 Å². The van der Waals surface area contributed by atoms with Gasteiger partial charge in [-0.3, -0.25) is 11.3 Å². The molecule has 3 N–H and O–H groups in total. The molecule has 0 bridgehead atoms. The summed E-state index contributed by atoms with van der Waals surface area (Å²) in [7, 11) is 1.67. The monoisotopic (exact) mass is 290 g/mol. The van der Waals surface area contributed by atoms with Gasteiger partial charge in [-0.25, -0.2) is 0 Å². The lowest BCUT2D eigenvalue weighted by Gasteiger charge is -2.18. The number of nitrogens with two attached hydrogens (primary N) is 1. The van der Waals surface area contributed by atoms with Crippen LogP contribution in [0.2, 0.25) is 5.02 Å². The molecule has 1 atom stereocenters. The number of hydrogen-bond donors (Lipinski definition) is 2. The average molecular weight is 291 g/mol. The molecule has 3 nitrogen and oxygen atoms in total. The maximum absolute atomic E-state index is 6.20. The van der Waals surface area contributed by atoms with E-state index in [2.05, 4.69) is 11.5 Å². The quantitative estimate of drug-likeness (QED) is 0.655. The molecule has 0 amide bonds. The highest BCUT2D eigenvalue weighted by molar-refractivity contribution is 6.31. The Morgan fingerprint density at radius 1 is 1.25 bits per heavy atom. The summed E-state index contributed by atoms with van der Waals surface area (Å²) in [4.78, 5) is 0. The van der Waals surface area contributed by atoms with Crippen LogP contribution in [-0.2, 0) is 6.42 Å². The van der Waals surface area contributed by atoms with Crippen molar-refractivity contribution >= 4 is 11.6 Å². The van der Waals surface area contributed by atoms with Gasteiger partial charge < -0.3 is 4.74 Å². The zero-order valence-corrected chi connectivity index (χ0v) is 12.4. The molecule has 4 heteroatoms. The Kier molecular flexibility index (Phi) is 5.01. The third kappa shape index (κ3) is 3.31. The van der Waals surface area contributed by atoms with Crippen molar-refractivity contribution in [1.29, 1.82) is 0 Å². The highest BCUT2D eigenvalue weighted by atomic mass is 35.5. The van der Waals surface area contributed by atoms with Crippen molar-refractivity contribution in [2.75, 3.05) is 7.11 Å². The van der Waals surface area contributed by atoms with Crippen LogP contribution in [0.5, 0.6) is 5.75 Å². The fraction of sp³-hybridized carbons (Fsp3) is 0.250. The Morgan fingerprint density at radius 3 is 2.60 bits per heavy atom. The van der Waals surface area contributed by atoms with Gasteiger partial charge in [0.05, 0.1) is 13.2 Å². The Bertz CT molecular complexity index is 586. The Morgan fingerprint density at radius 2 is 2.00 bits per heavy atom. The minimum Gasteiger partial charge on any atom is -0.496 e. The second kappa shape index (κ2) is 6.75. The number of nitrogens with one attached hydrogen (secondary N) is 1. The summed E-state index contributed by atoms with van der Waals surface area (Å²) in [5.74, 6) is 6.58. The van der Waals surface area contributed by atoms with Crippen LogP contribution < -0.4 is 16.0 Å². The molecule has 106 valence electrons. The molecule has 0 aromatic heterocycles. The molecule has 0 saturated heterocycles. The molecule has 20 heavy (non-hydrogen) atoms. The van der Waals surface area contributed by atoms with Crippen LogP contribution in [0.4, 0.5) is 0 Å². The van der Waals surface area contributed by atoms with Crippen LogP contribution in [0.15, 0.2) is 42.5 Å². The third-order valence-corrected chi connectivity index (χ3v) is 3.77. The molecular weight excluding hydrogens is 272 g/mol. The topological polar surface area (TPSA) is 47.3 Å². The molecule has 0 aliphatic heterocycles. The summed E-state index contributed by atoms with van der Waals surface area (Å²) in [5.41, 5.74) is 6.14. The van der Waals surface area contributed by atoms with Crippen molar-refractivity contribution in [2.24, 2.45) is 5.84 Å².